The van der Waals surface area contributed by atoms with E-state index in [4.69, 9.17) is 4.74 Å². The van der Waals surface area contributed by atoms with Gasteiger partial charge in [-0.15, -0.1) is 10.2 Å². The third-order valence-corrected chi connectivity index (χ3v) is 4.94. The Morgan fingerprint density at radius 1 is 1.28 bits per heavy atom. The first-order valence-corrected chi connectivity index (χ1v) is 9.40. The molecule has 0 saturated carbocycles. The normalized spacial score (nSPS) is 10.9. The van der Waals surface area contributed by atoms with Crippen LogP contribution >= 0.6 is 11.8 Å². The van der Waals surface area contributed by atoms with Crippen LogP contribution < -0.4 is 10.1 Å². The summed E-state index contributed by atoms with van der Waals surface area (Å²) in [5.74, 6) is -0.0921. The molecule has 0 aliphatic heterocycles. The molecule has 11 heteroatoms. The van der Waals surface area contributed by atoms with E-state index >= 15 is 0 Å². The van der Waals surface area contributed by atoms with E-state index in [1.807, 2.05) is 24.3 Å². The lowest BCUT2D eigenvalue weighted by Crippen LogP contribution is -2.15. The number of hydrogen-bond donors (Lipinski definition) is 2. The predicted octanol–water partition coefficient (Wildman–Crippen LogP) is 3.15. The molecule has 0 saturated heterocycles. The number of carbonyl (C=O) groups is 1. The van der Waals surface area contributed by atoms with E-state index in [2.05, 4.69) is 25.5 Å². The number of fused-ring (bicyclic) bond motifs is 3. The number of anilines is 1. The van der Waals surface area contributed by atoms with Crippen molar-refractivity contribution in [2.24, 2.45) is 0 Å². The van der Waals surface area contributed by atoms with Gasteiger partial charge < -0.3 is 15.0 Å². The summed E-state index contributed by atoms with van der Waals surface area (Å²) in [6.07, 6.45) is 0. The van der Waals surface area contributed by atoms with E-state index in [-0.39, 0.29) is 23.1 Å². The molecule has 2 N–H and O–H groups in total. The lowest BCUT2D eigenvalue weighted by molar-refractivity contribution is -0.384. The summed E-state index contributed by atoms with van der Waals surface area (Å²) in [4.78, 5) is 30.2. The Kier molecular flexibility index (Phi) is 4.96. The van der Waals surface area contributed by atoms with Gasteiger partial charge in [-0.25, -0.2) is 4.98 Å². The zero-order chi connectivity index (χ0) is 20.4. The van der Waals surface area contributed by atoms with E-state index in [0.717, 1.165) is 22.7 Å². The number of ether oxygens (including phenoxy) is 1. The first-order chi connectivity index (χ1) is 14.0. The molecule has 2 heterocycles. The predicted molar refractivity (Wildman–Crippen MR) is 108 cm³/mol. The number of non-ortho nitro benzene ring substituents is 1. The smallest absolute Gasteiger partial charge is 0.273 e. The fourth-order valence-corrected chi connectivity index (χ4v) is 3.37. The summed E-state index contributed by atoms with van der Waals surface area (Å²) in [5, 5.41) is 23.1. The van der Waals surface area contributed by atoms with Crippen LogP contribution in [0.4, 0.5) is 11.4 Å². The lowest BCUT2D eigenvalue weighted by Gasteiger charge is -2.09. The summed E-state index contributed by atoms with van der Waals surface area (Å²) in [5.41, 5.74) is 2.40. The molecule has 1 amide bonds. The van der Waals surface area contributed by atoms with Gasteiger partial charge in [0, 0.05) is 17.0 Å². The average molecular weight is 410 g/mol. The van der Waals surface area contributed by atoms with E-state index in [9.17, 15) is 14.9 Å². The first-order valence-electron chi connectivity index (χ1n) is 8.41. The van der Waals surface area contributed by atoms with Crippen molar-refractivity contribution in [3.05, 3.63) is 52.6 Å². The quantitative estimate of drug-likeness (QED) is 0.281. The number of nitrogens with zero attached hydrogens (tertiary/aromatic N) is 4. The lowest BCUT2D eigenvalue weighted by atomic mass is 10.2. The molecule has 4 aromatic rings. The summed E-state index contributed by atoms with van der Waals surface area (Å²) < 4.78 is 5.11. The van der Waals surface area contributed by atoms with Crippen molar-refractivity contribution in [3.8, 4) is 5.75 Å². The number of methoxy groups -OCH3 is 1. The maximum atomic E-state index is 12.3. The number of benzene rings is 2. The molecule has 146 valence electrons. The summed E-state index contributed by atoms with van der Waals surface area (Å²) in [6, 6.07) is 11.7. The number of thioether (sulfide) groups is 1. The topological polar surface area (TPSA) is 136 Å². The van der Waals surface area contributed by atoms with E-state index in [0.29, 0.717) is 22.0 Å². The monoisotopic (exact) mass is 410 g/mol. The highest BCUT2D eigenvalue weighted by atomic mass is 32.2. The molecule has 4 rings (SSSR count). The van der Waals surface area contributed by atoms with E-state index in [1.165, 1.54) is 25.3 Å². The van der Waals surface area contributed by atoms with Crippen molar-refractivity contribution in [1.29, 1.82) is 0 Å². The van der Waals surface area contributed by atoms with Crippen molar-refractivity contribution in [2.75, 3.05) is 18.2 Å². The fraction of sp³-hybridized carbons (Fsp3) is 0.111. The van der Waals surface area contributed by atoms with Crippen molar-refractivity contribution in [2.45, 2.75) is 5.16 Å². The highest BCUT2D eigenvalue weighted by Crippen LogP contribution is 2.29. The molecule has 0 fully saturated rings. The molecular weight excluding hydrogens is 396 g/mol. The van der Waals surface area contributed by atoms with Gasteiger partial charge in [-0.3, -0.25) is 14.9 Å². The first kappa shape index (κ1) is 18.6. The van der Waals surface area contributed by atoms with Gasteiger partial charge in [-0.1, -0.05) is 30.0 Å². The number of rotatable bonds is 6. The number of para-hydroxylation sites is 1. The Morgan fingerprint density at radius 2 is 2.10 bits per heavy atom. The third kappa shape index (κ3) is 3.80. The molecule has 0 radical (unpaired) electrons. The minimum absolute atomic E-state index is 0.0353. The molecule has 29 heavy (non-hydrogen) atoms. The van der Waals surface area contributed by atoms with Crippen molar-refractivity contribution in [3.63, 3.8) is 0 Å². The van der Waals surface area contributed by atoms with Crippen LogP contribution in [-0.2, 0) is 4.79 Å². The van der Waals surface area contributed by atoms with Gasteiger partial charge in [-0.05, 0) is 12.1 Å². The molecule has 0 unspecified atom stereocenters. The van der Waals surface area contributed by atoms with Gasteiger partial charge in [0.2, 0.25) is 11.1 Å². The van der Waals surface area contributed by atoms with Crippen LogP contribution in [-0.4, -0.2) is 43.9 Å². The number of hydrogen-bond acceptors (Lipinski definition) is 8. The Bertz CT molecular complexity index is 1240. The third-order valence-electron chi connectivity index (χ3n) is 4.10. The van der Waals surface area contributed by atoms with Crippen molar-refractivity contribution >= 4 is 51.1 Å². The van der Waals surface area contributed by atoms with Gasteiger partial charge in [0.15, 0.2) is 5.65 Å². The van der Waals surface area contributed by atoms with Crippen LogP contribution in [0.5, 0.6) is 5.75 Å². The number of nitrogens with one attached hydrogen (secondary N) is 2. The van der Waals surface area contributed by atoms with Crippen LogP contribution in [0.2, 0.25) is 0 Å². The second-order valence-corrected chi connectivity index (χ2v) is 6.88. The second kappa shape index (κ2) is 7.72. The molecular formula is C18H14N6O4S. The molecule has 10 nitrogen and oxygen atoms in total. The Balaban J connectivity index is 1.45. The van der Waals surface area contributed by atoms with E-state index < -0.39 is 4.92 Å². The number of amides is 1. The molecule has 2 aromatic carbocycles. The average Bonchev–Trinajstić information content (AvgIpc) is 3.10. The summed E-state index contributed by atoms with van der Waals surface area (Å²) in [7, 11) is 1.37. The zero-order valence-electron chi connectivity index (χ0n) is 15.1. The Morgan fingerprint density at radius 3 is 2.90 bits per heavy atom. The maximum Gasteiger partial charge on any atom is 0.273 e. The minimum Gasteiger partial charge on any atom is -0.494 e. The number of nitro groups is 1. The molecule has 0 aliphatic carbocycles. The molecule has 0 bridgehead atoms. The van der Waals surface area contributed by atoms with Gasteiger partial charge in [0.1, 0.15) is 11.3 Å². The number of aromatic amines is 1. The van der Waals surface area contributed by atoms with Gasteiger partial charge in [-0.2, -0.15) is 0 Å². The summed E-state index contributed by atoms with van der Waals surface area (Å²) in [6.45, 7) is 0. The largest absolute Gasteiger partial charge is 0.494 e. The van der Waals surface area contributed by atoms with Gasteiger partial charge in [0.05, 0.1) is 29.5 Å². The SMILES string of the molecule is COc1cc([N+](=O)[O-])ccc1NC(=O)CSc1nnc2c(n1)[nH]c1ccccc12. The fourth-order valence-electron chi connectivity index (χ4n) is 2.78. The van der Waals surface area contributed by atoms with Crippen molar-refractivity contribution in [1.82, 2.24) is 20.2 Å². The van der Waals surface area contributed by atoms with Crippen LogP contribution in [0.25, 0.3) is 22.1 Å². The Hall–Kier alpha value is -3.73. The number of H-pyrrole nitrogens is 1. The zero-order valence-corrected chi connectivity index (χ0v) is 15.9. The van der Waals surface area contributed by atoms with Crippen LogP contribution in [0, 0.1) is 10.1 Å². The number of nitro benzene ring substituents is 1. The molecule has 0 atom stereocenters. The second-order valence-electron chi connectivity index (χ2n) is 5.94. The number of aromatic nitrogens is 4. The molecule has 0 aliphatic rings. The Labute approximate surface area is 167 Å². The number of carbonyl (C=O) groups excluding carboxylic acids is 1. The van der Waals surface area contributed by atoms with Gasteiger partial charge >= 0.3 is 0 Å². The maximum absolute atomic E-state index is 12.3. The molecule has 2 aromatic heterocycles. The van der Waals surface area contributed by atoms with Crippen molar-refractivity contribution < 1.29 is 14.5 Å². The van der Waals surface area contributed by atoms with Gasteiger partial charge in [0.25, 0.3) is 5.69 Å². The minimum atomic E-state index is -0.533. The van der Waals surface area contributed by atoms with Crippen LogP contribution in [0.1, 0.15) is 0 Å². The van der Waals surface area contributed by atoms with Crippen LogP contribution in [0.3, 0.4) is 0 Å². The standard InChI is InChI=1S/C18H14N6O4S/c1-28-14-8-10(24(26)27)6-7-13(14)19-15(25)9-29-18-21-17-16(22-23-18)11-4-2-3-5-12(11)20-17/h2-8H,9H2,1H3,(H,19,25)(H,20,21,23). The molecule has 0 spiro atoms. The van der Waals surface area contributed by atoms with Crippen LogP contribution in [0.15, 0.2) is 47.6 Å². The highest BCUT2D eigenvalue weighted by molar-refractivity contribution is 7.99. The summed E-state index contributed by atoms with van der Waals surface area (Å²) >= 11 is 1.13. The van der Waals surface area contributed by atoms with E-state index in [1.54, 1.807) is 0 Å². The highest BCUT2D eigenvalue weighted by Gasteiger charge is 2.15.